The van der Waals surface area contributed by atoms with Crippen molar-refractivity contribution >= 4 is 11.5 Å². The Morgan fingerprint density at radius 1 is 1.50 bits per heavy atom. The van der Waals surface area contributed by atoms with E-state index in [9.17, 15) is 10.1 Å². The Morgan fingerprint density at radius 3 is 2.72 bits per heavy atom. The summed E-state index contributed by atoms with van der Waals surface area (Å²) >= 11 is 0. The fourth-order valence-electron chi connectivity index (χ4n) is 2.03. The molecule has 0 fully saturated rings. The SMILES string of the molecule is CCCCCC(C)Nc1c([N+](=O)[O-])c(C)nn1C. The van der Waals surface area contributed by atoms with Crippen molar-refractivity contribution in [1.29, 1.82) is 0 Å². The summed E-state index contributed by atoms with van der Waals surface area (Å²) in [6.45, 7) is 5.86. The van der Waals surface area contributed by atoms with E-state index in [2.05, 4.69) is 17.3 Å². The molecule has 0 bridgehead atoms. The lowest BCUT2D eigenvalue weighted by Gasteiger charge is -2.14. The molecule has 6 heteroatoms. The molecule has 1 atom stereocenters. The van der Waals surface area contributed by atoms with Crippen LogP contribution in [0.15, 0.2) is 0 Å². The van der Waals surface area contributed by atoms with Crippen LogP contribution in [0.5, 0.6) is 0 Å². The zero-order chi connectivity index (χ0) is 13.7. The van der Waals surface area contributed by atoms with Crippen molar-refractivity contribution < 1.29 is 4.92 Å². The Bertz CT molecular complexity index is 414. The summed E-state index contributed by atoms with van der Waals surface area (Å²) in [4.78, 5) is 10.6. The molecule has 1 aromatic heterocycles. The molecular weight excluding hydrogens is 232 g/mol. The minimum absolute atomic E-state index is 0.0832. The summed E-state index contributed by atoms with van der Waals surface area (Å²) < 4.78 is 1.55. The van der Waals surface area contributed by atoms with Gasteiger partial charge in [0.15, 0.2) is 0 Å². The largest absolute Gasteiger partial charge is 0.362 e. The number of hydrogen-bond acceptors (Lipinski definition) is 4. The van der Waals surface area contributed by atoms with Crippen molar-refractivity contribution in [1.82, 2.24) is 9.78 Å². The first-order chi connectivity index (χ1) is 8.47. The van der Waals surface area contributed by atoms with Gasteiger partial charge in [-0.2, -0.15) is 5.10 Å². The number of nitro groups is 1. The highest BCUT2D eigenvalue weighted by atomic mass is 16.6. The van der Waals surface area contributed by atoms with Gasteiger partial charge in [-0.1, -0.05) is 26.2 Å². The van der Waals surface area contributed by atoms with Gasteiger partial charge in [-0.3, -0.25) is 10.1 Å². The third kappa shape index (κ3) is 3.45. The second-order valence-corrected chi connectivity index (χ2v) is 4.70. The summed E-state index contributed by atoms with van der Waals surface area (Å²) in [6, 6.07) is 0.213. The molecule has 1 unspecified atom stereocenters. The number of unbranched alkanes of at least 4 members (excludes halogenated alkanes) is 2. The van der Waals surface area contributed by atoms with Gasteiger partial charge in [-0.25, -0.2) is 4.68 Å². The second kappa shape index (κ2) is 6.37. The highest BCUT2D eigenvalue weighted by Gasteiger charge is 2.24. The average Bonchev–Trinajstić information content (AvgIpc) is 2.54. The normalized spacial score (nSPS) is 12.4. The van der Waals surface area contributed by atoms with Crippen molar-refractivity contribution in [2.24, 2.45) is 7.05 Å². The van der Waals surface area contributed by atoms with Crippen LogP contribution in [0.3, 0.4) is 0 Å². The summed E-state index contributed by atoms with van der Waals surface area (Å²) in [5.74, 6) is 0.501. The summed E-state index contributed by atoms with van der Waals surface area (Å²) in [5, 5.41) is 18.3. The number of anilines is 1. The Hall–Kier alpha value is -1.59. The first-order valence-corrected chi connectivity index (χ1v) is 6.41. The van der Waals surface area contributed by atoms with Gasteiger partial charge in [-0.05, 0) is 20.3 Å². The highest BCUT2D eigenvalue weighted by Crippen LogP contribution is 2.28. The maximum Gasteiger partial charge on any atom is 0.333 e. The minimum atomic E-state index is -0.372. The maximum atomic E-state index is 11.0. The number of nitrogens with one attached hydrogen (secondary N) is 1. The molecule has 18 heavy (non-hydrogen) atoms. The van der Waals surface area contributed by atoms with Gasteiger partial charge in [0.1, 0.15) is 5.69 Å². The van der Waals surface area contributed by atoms with E-state index in [1.165, 1.54) is 12.8 Å². The van der Waals surface area contributed by atoms with E-state index in [-0.39, 0.29) is 16.7 Å². The molecule has 0 aliphatic rings. The predicted molar refractivity (Wildman–Crippen MR) is 71.8 cm³/mol. The Labute approximate surface area is 108 Å². The lowest BCUT2D eigenvalue weighted by Crippen LogP contribution is -2.18. The maximum absolute atomic E-state index is 11.0. The third-order valence-corrected chi connectivity index (χ3v) is 3.00. The molecule has 6 nitrogen and oxygen atoms in total. The zero-order valence-corrected chi connectivity index (χ0v) is 11.6. The van der Waals surface area contributed by atoms with Crippen LogP contribution in [0.2, 0.25) is 0 Å². The van der Waals surface area contributed by atoms with E-state index in [4.69, 9.17) is 0 Å². The summed E-state index contributed by atoms with van der Waals surface area (Å²) in [7, 11) is 1.72. The van der Waals surface area contributed by atoms with Crippen LogP contribution in [0, 0.1) is 17.0 Å². The molecule has 0 aliphatic carbocycles. The number of aromatic nitrogens is 2. The molecular formula is C12H22N4O2. The van der Waals surface area contributed by atoms with Crippen LogP contribution in [-0.2, 0) is 7.05 Å². The average molecular weight is 254 g/mol. The molecule has 1 N–H and O–H groups in total. The lowest BCUT2D eigenvalue weighted by molar-refractivity contribution is -0.384. The summed E-state index contributed by atoms with van der Waals surface area (Å²) in [6.07, 6.45) is 4.51. The van der Waals surface area contributed by atoms with E-state index in [0.717, 1.165) is 12.8 Å². The Balaban J connectivity index is 2.74. The molecule has 0 saturated heterocycles. The van der Waals surface area contributed by atoms with E-state index in [1.54, 1.807) is 18.7 Å². The van der Waals surface area contributed by atoms with Gasteiger partial charge in [-0.15, -0.1) is 0 Å². The van der Waals surface area contributed by atoms with E-state index >= 15 is 0 Å². The standard InChI is InChI=1S/C12H22N4O2/c1-5-6-7-8-9(2)13-12-11(16(17)18)10(3)14-15(12)4/h9,13H,5-8H2,1-4H3. The summed E-state index contributed by atoms with van der Waals surface area (Å²) in [5.41, 5.74) is 0.533. The van der Waals surface area contributed by atoms with Gasteiger partial charge in [0, 0.05) is 13.1 Å². The Morgan fingerprint density at radius 2 is 2.17 bits per heavy atom. The monoisotopic (exact) mass is 254 g/mol. The fourth-order valence-corrected chi connectivity index (χ4v) is 2.03. The van der Waals surface area contributed by atoms with Gasteiger partial charge < -0.3 is 5.32 Å². The Kier molecular flexibility index (Phi) is 5.12. The van der Waals surface area contributed by atoms with Crippen LogP contribution in [-0.4, -0.2) is 20.7 Å². The third-order valence-electron chi connectivity index (χ3n) is 3.00. The van der Waals surface area contributed by atoms with Gasteiger partial charge in [0.25, 0.3) is 0 Å². The van der Waals surface area contributed by atoms with Crippen LogP contribution >= 0.6 is 0 Å². The second-order valence-electron chi connectivity index (χ2n) is 4.70. The van der Waals surface area contributed by atoms with Crippen molar-refractivity contribution in [3.05, 3.63) is 15.8 Å². The van der Waals surface area contributed by atoms with Crippen LogP contribution < -0.4 is 5.32 Å². The smallest absolute Gasteiger partial charge is 0.333 e. The van der Waals surface area contributed by atoms with Crippen molar-refractivity contribution in [3.63, 3.8) is 0 Å². The highest BCUT2D eigenvalue weighted by molar-refractivity contribution is 5.59. The van der Waals surface area contributed by atoms with Crippen molar-refractivity contribution in [2.45, 2.75) is 52.5 Å². The van der Waals surface area contributed by atoms with Crippen molar-refractivity contribution in [3.8, 4) is 0 Å². The quantitative estimate of drug-likeness (QED) is 0.461. The number of rotatable bonds is 7. The van der Waals surface area contributed by atoms with E-state index in [1.807, 2.05) is 6.92 Å². The molecule has 0 spiro atoms. The molecule has 0 saturated carbocycles. The van der Waals surface area contributed by atoms with Gasteiger partial charge >= 0.3 is 5.69 Å². The molecule has 102 valence electrons. The van der Waals surface area contributed by atoms with E-state index < -0.39 is 0 Å². The molecule has 0 radical (unpaired) electrons. The molecule has 0 amide bonds. The van der Waals surface area contributed by atoms with Crippen LogP contribution in [0.1, 0.15) is 45.2 Å². The number of nitrogens with zero attached hydrogens (tertiary/aromatic N) is 3. The predicted octanol–water partition coefficient (Wildman–Crippen LogP) is 3.02. The van der Waals surface area contributed by atoms with E-state index in [0.29, 0.717) is 11.5 Å². The first-order valence-electron chi connectivity index (χ1n) is 6.41. The molecule has 1 aromatic rings. The molecule has 0 aromatic carbocycles. The lowest BCUT2D eigenvalue weighted by atomic mass is 10.1. The molecule has 0 aliphatic heterocycles. The number of hydrogen-bond donors (Lipinski definition) is 1. The zero-order valence-electron chi connectivity index (χ0n) is 11.6. The topological polar surface area (TPSA) is 73.0 Å². The first kappa shape index (κ1) is 14.5. The molecule has 1 rings (SSSR count). The van der Waals surface area contributed by atoms with Gasteiger partial charge in [0.2, 0.25) is 5.82 Å². The number of aryl methyl sites for hydroxylation is 2. The van der Waals surface area contributed by atoms with Crippen LogP contribution in [0.25, 0.3) is 0 Å². The van der Waals surface area contributed by atoms with Gasteiger partial charge in [0.05, 0.1) is 4.92 Å². The fraction of sp³-hybridized carbons (Fsp3) is 0.750. The van der Waals surface area contributed by atoms with Crippen molar-refractivity contribution in [2.75, 3.05) is 5.32 Å². The minimum Gasteiger partial charge on any atom is -0.362 e. The molecule has 1 heterocycles. The van der Waals surface area contributed by atoms with Crippen LogP contribution in [0.4, 0.5) is 11.5 Å².